The quantitative estimate of drug-likeness (QED) is 0.0261. The first kappa shape index (κ1) is 66.9. The molecule has 6 nitrogen and oxygen atoms in total. The van der Waals surface area contributed by atoms with E-state index in [4.69, 9.17) is 14.2 Å². The minimum atomic E-state index is -0.801. The van der Waals surface area contributed by atoms with E-state index in [2.05, 4.69) is 93.7 Å². The molecule has 0 radical (unpaired) electrons. The number of allylic oxidation sites excluding steroid dienone is 12. The minimum absolute atomic E-state index is 0.0959. The Kier molecular flexibility index (Phi) is 55.8. The Bertz CT molecular complexity index is 1310. The lowest BCUT2D eigenvalue weighted by atomic mass is 10.0. The van der Waals surface area contributed by atoms with Crippen LogP contribution in [-0.4, -0.2) is 37.2 Å². The highest BCUT2D eigenvalue weighted by atomic mass is 16.6. The lowest BCUT2D eigenvalue weighted by Crippen LogP contribution is -2.30. The molecule has 0 rings (SSSR count). The highest BCUT2D eigenvalue weighted by Gasteiger charge is 2.19. The van der Waals surface area contributed by atoms with Gasteiger partial charge < -0.3 is 14.2 Å². The van der Waals surface area contributed by atoms with E-state index in [9.17, 15) is 14.4 Å². The van der Waals surface area contributed by atoms with Gasteiger partial charge in [-0.2, -0.15) is 0 Å². The van der Waals surface area contributed by atoms with Gasteiger partial charge in [0.1, 0.15) is 13.2 Å². The van der Waals surface area contributed by atoms with Gasteiger partial charge >= 0.3 is 17.9 Å². The van der Waals surface area contributed by atoms with Gasteiger partial charge in [0.25, 0.3) is 0 Å². The molecule has 1 unspecified atom stereocenters. The van der Waals surface area contributed by atoms with E-state index < -0.39 is 6.10 Å². The normalized spacial score (nSPS) is 12.6. The van der Waals surface area contributed by atoms with Crippen molar-refractivity contribution in [1.29, 1.82) is 0 Å². The predicted molar refractivity (Wildman–Crippen MR) is 302 cm³/mol. The average Bonchev–Trinajstić information content (AvgIpc) is 3.36. The number of carbonyl (C=O) groups excluding carboxylic acids is 3. The van der Waals surface area contributed by atoms with E-state index in [1.165, 1.54) is 173 Å². The lowest BCUT2D eigenvalue weighted by Gasteiger charge is -2.18. The van der Waals surface area contributed by atoms with E-state index in [0.29, 0.717) is 19.3 Å². The zero-order valence-corrected chi connectivity index (χ0v) is 46.3. The van der Waals surface area contributed by atoms with Gasteiger partial charge in [-0.1, -0.05) is 267 Å². The molecule has 0 aromatic rings. The summed E-state index contributed by atoms with van der Waals surface area (Å²) in [5.74, 6) is -0.957. The second-order valence-electron chi connectivity index (χ2n) is 19.9. The van der Waals surface area contributed by atoms with Crippen LogP contribution in [-0.2, 0) is 28.6 Å². The van der Waals surface area contributed by atoms with E-state index in [1.54, 1.807) is 0 Å². The number of rotatable bonds is 54. The molecule has 0 amide bonds. The van der Waals surface area contributed by atoms with Crippen molar-refractivity contribution in [3.63, 3.8) is 0 Å². The van der Waals surface area contributed by atoms with Gasteiger partial charge in [0.05, 0.1) is 0 Å². The third-order valence-corrected chi connectivity index (χ3v) is 12.9. The Morgan fingerprint density at radius 1 is 0.300 bits per heavy atom. The van der Waals surface area contributed by atoms with Gasteiger partial charge in [-0.15, -0.1) is 0 Å². The largest absolute Gasteiger partial charge is 0.462 e. The number of hydrogen-bond acceptors (Lipinski definition) is 6. The molecule has 0 bridgehead atoms. The minimum Gasteiger partial charge on any atom is -0.462 e. The van der Waals surface area contributed by atoms with Gasteiger partial charge in [-0.3, -0.25) is 14.4 Å². The molecular weight excluding hydrogens is 865 g/mol. The first-order valence-electron chi connectivity index (χ1n) is 29.9. The van der Waals surface area contributed by atoms with Crippen molar-refractivity contribution in [2.45, 2.75) is 303 Å². The number of ether oxygens (including phenoxy) is 3. The Labute approximate surface area is 433 Å². The van der Waals surface area contributed by atoms with E-state index in [-0.39, 0.29) is 37.5 Å². The zero-order chi connectivity index (χ0) is 50.7. The first-order valence-corrected chi connectivity index (χ1v) is 29.9. The standard InChI is InChI=1S/C64H112O6/c1-4-7-10-13-16-18-20-22-24-26-27-28-29-30-31-32-33-34-35-36-37-39-40-42-44-46-48-51-54-57-63(66)69-60-61(59-68-62(65)56-53-50-15-12-9-6-3)70-64(67)58-55-52-49-47-45-43-41-38-25-23-21-19-17-14-11-8-5-2/h8,11,17,19,23,25-27,41,43,47,49,61H,4-7,9-10,12-16,18,20-22,24,28-40,42,44-46,48,50-60H2,1-3H3/b11-8-,19-17-,25-23-,27-26-,43-41-,49-47-. The summed E-state index contributed by atoms with van der Waals surface area (Å²) < 4.78 is 16.7. The highest BCUT2D eigenvalue weighted by Crippen LogP contribution is 2.16. The number of hydrogen-bond donors (Lipinski definition) is 0. The lowest BCUT2D eigenvalue weighted by molar-refractivity contribution is -0.167. The maximum atomic E-state index is 12.8. The van der Waals surface area contributed by atoms with Crippen molar-refractivity contribution in [2.24, 2.45) is 0 Å². The van der Waals surface area contributed by atoms with E-state index in [1.807, 2.05) is 0 Å². The van der Waals surface area contributed by atoms with E-state index in [0.717, 1.165) is 77.0 Å². The predicted octanol–water partition coefficient (Wildman–Crippen LogP) is 20.2. The molecule has 70 heavy (non-hydrogen) atoms. The maximum Gasteiger partial charge on any atom is 0.306 e. The molecule has 0 saturated carbocycles. The summed E-state index contributed by atoms with van der Waals surface area (Å²) in [6.45, 7) is 6.44. The molecule has 404 valence electrons. The van der Waals surface area contributed by atoms with Crippen LogP contribution in [0.25, 0.3) is 0 Å². The third-order valence-electron chi connectivity index (χ3n) is 12.9. The molecule has 1 atom stereocenters. The molecule has 0 fully saturated rings. The van der Waals surface area contributed by atoms with Gasteiger partial charge in [0.15, 0.2) is 6.10 Å². The van der Waals surface area contributed by atoms with Crippen LogP contribution in [0, 0.1) is 0 Å². The average molecular weight is 978 g/mol. The summed E-state index contributed by atoms with van der Waals surface area (Å²) >= 11 is 0. The molecule has 0 aromatic carbocycles. The number of esters is 3. The zero-order valence-electron chi connectivity index (χ0n) is 46.3. The number of unbranched alkanes of at least 4 members (excludes halogenated alkanes) is 31. The Morgan fingerprint density at radius 3 is 0.929 bits per heavy atom. The van der Waals surface area contributed by atoms with Crippen LogP contribution in [0.4, 0.5) is 0 Å². The summed E-state index contributed by atoms with van der Waals surface area (Å²) in [6, 6.07) is 0. The summed E-state index contributed by atoms with van der Waals surface area (Å²) in [4.78, 5) is 37.8. The molecular formula is C64H112O6. The Morgan fingerprint density at radius 2 is 0.571 bits per heavy atom. The van der Waals surface area contributed by atoms with Crippen molar-refractivity contribution in [3.8, 4) is 0 Å². The fourth-order valence-electron chi connectivity index (χ4n) is 8.47. The molecule has 0 aliphatic carbocycles. The van der Waals surface area contributed by atoms with Crippen LogP contribution in [0.15, 0.2) is 72.9 Å². The first-order chi connectivity index (χ1) is 34.5. The fraction of sp³-hybridized carbons (Fsp3) is 0.766. The van der Waals surface area contributed by atoms with Crippen LogP contribution >= 0.6 is 0 Å². The second-order valence-corrected chi connectivity index (χ2v) is 19.9. The second kappa shape index (κ2) is 58.4. The van der Waals surface area contributed by atoms with Crippen LogP contribution in [0.3, 0.4) is 0 Å². The molecule has 0 aliphatic heterocycles. The molecule has 0 heterocycles. The van der Waals surface area contributed by atoms with Crippen molar-refractivity contribution >= 4 is 17.9 Å². The molecule has 6 heteroatoms. The van der Waals surface area contributed by atoms with Crippen LogP contribution in [0.5, 0.6) is 0 Å². The van der Waals surface area contributed by atoms with Crippen molar-refractivity contribution in [1.82, 2.24) is 0 Å². The molecule has 0 aromatic heterocycles. The summed E-state index contributed by atoms with van der Waals surface area (Å²) in [6.07, 6.45) is 75.3. The van der Waals surface area contributed by atoms with Gasteiger partial charge in [0.2, 0.25) is 0 Å². The summed E-state index contributed by atoms with van der Waals surface area (Å²) in [7, 11) is 0. The smallest absolute Gasteiger partial charge is 0.306 e. The SMILES string of the molecule is CC/C=C\C/C=C\C/C=C\C/C=C\C/C=C\CCCC(=O)OC(COC(=O)CCCCCCCC)COC(=O)CCCCCCCCCCCCCCCCCCC/C=C\CCCCCCCCCC. The monoisotopic (exact) mass is 977 g/mol. The number of carbonyl (C=O) groups is 3. The van der Waals surface area contributed by atoms with Gasteiger partial charge in [0, 0.05) is 19.3 Å². The van der Waals surface area contributed by atoms with Crippen LogP contribution in [0.1, 0.15) is 297 Å². The fourth-order valence-corrected chi connectivity index (χ4v) is 8.47. The third kappa shape index (κ3) is 55.8. The Hall–Kier alpha value is -3.15. The molecule has 0 aliphatic rings. The highest BCUT2D eigenvalue weighted by molar-refractivity contribution is 5.71. The Balaban J connectivity index is 4.08. The van der Waals surface area contributed by atoms with Crippen molar-refractivity contribution < 1.29 is 28.6 Å². The van der Waals surface area contributed by atoms with Crippen LogP contribution < -0.4 is 0 Å². The van der Waals surface area contributed by atoms with Crippen molar-refractivity contribution in [2.75, 3.05) is 13.2 Å². The van der Waals surface area contributed by atoms with Crippen molar-refractivity contribution in [3.05, 3.63) is 72.9 Å². The van der Waals surface area contributed by atoms with Gasteiger partial charge in [-0.05, 0) is 83.5 Å². The molecule has 0 N–H and O–H groups in total. The summed E-state index contributed by atoms with van der Waals surface area (Å²) in [5.41, 5.74) is 0. The van der Waals surface area contributed by atoms with Crippen LogP contribution in [0.2, 0.25) is 0 Å². The van der Waals surface area contributed by atoms with Gasteiger partial charge in [-0.25, -0.2) is 0 Å². The molecule has 0 saturated heterocycles. The van der Waals surface area contributed by atoms with E-state index >= 15 is 0 Å². The topological polar surface area (TPSA) is 78.9 Å². The molecule has 0 spiro atoms. The summed E-state index contributed by atoms with van der Waals surface area (Å²) in [5, 5.41) is 0. The maximum absolute atomic E-state index is 12.8.